The summed E-state index contributed by atoms with van der Waals surface area (Å²) in [6.07, 6.45) is 0. The van der Waals surface area contributed by atoms with Crippen molar-refractivity contribution >= 4 is 21.8 Å². The van der Waals surface area contributed by atoms with Gasteiger partial charge in [-0.25, -0.2) is 0 Å². The lowest BCUT2D eigenvalue weighted by molar-refractivity contribution is 0.0784. The smallest absolute Gasteiger partial charge is 0.255 e. The Balaban J connectivity index is 2.12. The van der Waals surface area contributed by atoms with E-state index >= 15 is 0 Å². The molecule has 3 nitrogen and oxygen atoms in total. The maximum Gasteiger partial charge on any atom is 0.255 e. The minimum Gasteiger partial charge on any atom is -0.508 e. The van der Waals surface area contributed by atoms with Gasteiger partial charge in [-0.3, -0.25) is 4.79 Å². The normalized spacial score (nSPS) is 10.2. The van der Waals surface area contributed by atoms with Crippen molar-refractivity contribution in [2.24, 2.45) is 0 Å². The van der Waals surface area contributed by atoms with Gasteiger partial charge in [-0.05, 0) is 45.8 Å². The number of phenolic OH excluding ortho intramolecular Hbond substituents is 1. The van der Waals surface area contributed by atoms with E-state index in [1.54, 1.807) is 42.3 Å². The van der Waals surface area contributed by atoms with E-state index < -0.39 is 0 Å². The first kappa shape index (κ1) is 13.6. The summed E-state index contributed by atoms with van der Waals surface area (Å²) in [5.41, 5.74) is 1.62. The quantitative estimate of drug-likeness (QED) is 0.941. The van der Waals surface area contributed by atoms with Crippen molar-refractivity contribution < 1.29 is 9.90 Å². The predicted octanol–water partition coefficient (Wildman–Crippen LogP) is 3.43. The van der Waals surface area contributed by atoms with Crippen molar-refractivity contribution in [2.75, 3.05) is 7.05 Å². The number of carbonyl (C=O) groups is 1. The molecule has 0 aliphatic carbocycles. The molecule has 0 aliphatic rings. The number of aromatic hydroxyl groups is 1. The number of nitrogens with zero attached hydrogens (tertiary/aromatic N) is 1. The zero-order valence-electron chi connectivity index (χ0n) is 10.5. The molecule has 0 saturated carbocycles. The zero-order chi connectivity index (χ0) is 13.8. The molecule has 0 radical (unpaired) electrons. The van der Waals surface area contributed by atoms with Gasteiger partial charge in [0, 0.05) is 18.1 Å². The van der Waals surface area contributed by atoms with Crippen LogP contribution < -0.4 is 0 Å². The van der Waals surface area contributed by atoms with Crippen LogP contribution in [-0.2, 0) is 6.54 Å². The molecule has 2 aromatic rings. The van der Waals surface area contributed by atoms with E-state index in [0.29, 0.717) is 12.1 Å². The van der Waals surface area contributed by atoms with Crippen LogP contribution in [0.4, 0.5) is 0 Å². The second-order valence-corrected chi connectivity index (χ2v) is 5.16. The van der Waals surface area contributed by atoms with E-state index in [1.807, 2.05) is 18.2 Å². The summed E-state index contributed by atoms with van der Waals surface area (Å²) in [5, 5.41) is 9.23. The molecule has 0 atom stereocenters. The van der Waals surface area contributed by atoms with Gasteiger partial charge in [-0.1, -0.05) is 24.3 Å². The van der Waals surface area contributed by atoms with Gasteiger partial charge in [0.2, 0.25) is 0 Å². The molecular weight excluding hydrogens is 306 g/mol. The van der Waals surface area contributed by atoms with Gasteiger partial charge in [-0.2, -0.15) is 0 Å². The number of amides is 1. The number of rotatable bonds is 3. The molecule has 2 aromatic carbocycles. The average molecular weight is 320 g/mol. The Labute approximate surface area is 120 Å². The summed E-state index contributed by atoms with van der Waals surface area (Å²) in [6, 6.07) is 14.2. The third-order valence-corrected chi connectivity index (χ3v) is 3.50. The summed E-state index contributed by atoms with van der Waals surface area (Å²) < 4.78 is 0.789. The number of benzene rings is 2. The van der Waals surface area contributed by atoms with Crippen molar-refractivity contribution in [2.45, 2.75) is 6.54 Å². The minimum absolute atomic E-state index is 0.0412. The summed E-state index contributed by atoms with van der Waals surface area (Å²) in [7, 11) is 1.76. The highest BCUT2D eigenvalue weighted by Gasteiger charge is 2.14. The van der Waals surface area contributed by atoms with Crippen molar-refractivity contribution in [3.8, 4) is 5.75 Å². The first-order valence-corrected chi connectivity index (χ1v) is 6.65. The Morgan fingerprint density at radius 1 is 1.16 bits per heavy atom. The maximum absolute atomic E-state index is 12.3. The number of hydrogen-bond donors (Lipinski definition) is 1. The fourth-order valence-electron chi connectivity index (χ4n) is 1.79. The van der Waals surface area contributed by atoms with E-state index in [1.165, 1.54) is 0 Å². The molecule has 4 heteroatoms. The lowest BCUT2D eigenvalue weighted by Gasteiger charge is -2.18. The van der Waals surface area contributed by atoms with Crippen LogP contribution in [0, 0.1) is 0 Å². The van der Waals surface area contributed by atoms with Gasteiger partial charge < -0.3 is 10.0 Å². The summed E-state index contributed by atoms with van der Waals surface area (Å²) in [6.45, 7) is 0.500. The highest BCUT2D eigenvalue weighted by molar-refractivity contribution is 9.10. The van der Waals surface area contributed by atoms with Crippen LogP contribution in [0.25, 0.3) is 0 Å². The summed E-state index contributed by atoms with van der Waals surface area (Å²) in [5.74, 6) is 0.184. The maximum atomic E-state index is 12.3. The van der Waals surface area contributed by atoms with Gasteiger partial charge in [0.05, 0.1) is 5.56 Å². The van der Waals surface area contributed by atoms with E-state index in [2.05, 4.69) is 15.9 Å². The average Bonchev–Trinajstić information content (AvgIpc) is 2.41. The molecular formula is C15H14BrNO2. The van der Waals surface area contributed by atoms with Crippen LogP contribution in [-0.4, -0.2) is 23.0 Å². The van der Waals surface area contributed by atoms with Crippen LogP contribution >= 0.6 is 15.9 Å². The topological polar surface area (TPSA) is 40.5 Å². The van der Waals surface area contributed by atoms with Crippen molar-refractivity contribution in [3.63, 3.8) is 0 Å². The van der Waals surface area contributed by atoms with Crippen molar-refractivity contribution in [1.82, 2.24) is 4.90 Å². The highest BCUT2D eigenvalue weighted by atomic mass is 79.9. The SMILES string of the molecule is CN(Cc1ccc(O)cc1)C(=O)c1ccccc1Br. The Kier molecular flexibility index (Phi) is 4.22. The second kappa shape index (κ2) is 5.89. The molecule has 0 bridgehead atoms. The fraction of sp³-hybridized carbons (Fsp3) is 0.133. The summed E-state index contributed by atoms with van der Waals surface area (Å²) in [4.78, 5) is 13.9. The second-order valence-electron chi connectivity index (χ2n) is 4.31. The lowest BCUT2D eigenvalue weighted by atomic mass is 10.1. The number of hydrogen-bond acceptors (Lipinski definition) is 2. The molecule has 1 N–H and O–H groups in total. The Morgan fingerprint density at radius 3 is 2.42 bits per heavy atom. The van der Waals surface area contributed by atoms with Crippen molar-refractivity contribution in [3.05, 3.63) is 64.1 Å². The van der Waals surface area contributed by atoms with E-state index in [9.17, 15) is 9.90 Å². The van der Waals surface area contributed by atoms with Crippen molar-refractivity contribution in [1.29, 1.82) is 0 Å². The Bertz CT molecular complexity index is 581. The highest BCUT2D eigenvalue weighted by Crippen LogP contribution is 2.18. The van der Waals surface area contributed by atoms with Crippen LogP contribution in [0.3, 0.4) is 0 Å². The lowest BCUT2D eigenvalue weighted by Crippen LogP contribution is -2.26. The van der Waals surface area contributed by atoms with Gasteiger partial charge in [-0.15, -0.1) is 0 Å². The molecule has 0 heterocycles. The van der Waals surface area contributed by atoms with E-state index in [4.69, 9.17) is 0 Å². The first-order chi connectivity index (χ1) is 9.08. The molecule has 0 fully saturated rings. The molecule has 0 spiro atoms. The molecule has 0 aromatic heterocycles. The van der Waals surface area contributed by atoms with E-state index in [-0.39, 0.29) is 11.7 Å². The summed E-state index contributed by atoms with van der Waals surface area (Å²) >= 11 is 3.38. The van der Waals surface area contributed by atoms with Gasteiger partial charge >= 0.3 is 0 Å². The third kappa shape index (κ3) is 3.35. The number of carbonyl (C=O) groups excluding carboxylic acids is 1. The van der Waals surface area contributed by atoms with Gasteiger partial charge in [0.1, 0.15) is 5.75 Å². The first-order valence-electron chi connectivity index (χ1n) is 5.86. The van der Waals surface area contributed by atoms with Crippen LogP contribution in [0.1, 0.15) is 15.9 Å². The van der Waals surface area contributed by atoms with Gasteiger partial charge in [0.25, 0.3) is 5.91 Å². The van der Waals surface area contributed by atoms with E-state index in [0.717, 1.165) is 10.0 Å². The number of halogens is 1. The zero-order valence-corrected chi connectivity index (χ0v) is 12.1. The Morgan fingerprint density at radius 2 is 1.79 bits per heavy atom. The minimum atomic E-state index is -0.0412. The molecule has 0 saturated heterocycles. The molecule has 19 heavy (non-hydrogen) atoms. The van der Waals surface area contributed by atoms with Crippen LogP contribution in [0.15, 0.2) is 53.0 Å². The Hall–Kier alpha value is -1.81. The molecule has 0 unspecified atom stereocenters. The predicted molar refractivity (Wildman–Crippen MR) is 78.0 cm³/mol. The molecule has 1 amide bonds. The molecule has 2 rings (SSSR count). The molecule has 0 aliphatic heterocycles. The largest absolute Gasteiger partial charge is 0.508 e. The number of phenols is 1. The third-order valence-electron chi connectivity index (χ3n) is 2.81. The molecule has 98 valence electrons. The standard InChI is InChI=1S/C15H14BrNO2/c1-17(10-11-6-8-12(18)9-7-11)15(19)13-4-2-3-5-14(13)16/h2-9,18H,10H2,1H3. The van der Waals surface area contributed by atoms with Crippen LogP contribution in [0.2, 0.25) is 0 Å². The monoisotopic (exact) mass is 319 g/mol. The van der Waals surface area contributed by atoms with Gasteiger partial charge in [0.15, 0.2) is 0 Å². The van der Waals surface area contributed by atoms with Crippen LogP contribution in [0.5, 0.6) is 5.75 Å². The fourth-order valence-corrected chi connectivity index (χ4v) is 2.24.